The maximum absolute atomic E-state index is 12.0. The van der Waals surface area contributed by atoms with Gasteiger partial charge in [-0.25, -0.2) is 0 Å². The highest BCUT2D eigenvalue weighted by Crippen LogP contribution is 2.22. The Morgan fingerprint density at radius 3 is 3.08 bits per heavy atom. The lowest BCUT2D eigenvalue weighted by Gasteiger charge is -2.08. The molecule has 0 bridgehead atoms. The lowest BCUT2D eigenvalue weighted by molar-refractivity contribution is 0.0958. The number of aryl methyl sites for hydroxylation is 1. The number of hydrogen-bond acceptors (Lipinski definition) is 6. The van der Waals surface area contributed by atoms with Crippen molar-refractivity contribution in [3.8, 4) is 0 Å². The highest BCUT2D eigenvalue weighted by molar-refractivity contribution is 7.99. The Bertz CT molecular complexity index is 692. The van der Waals surface area contributed by atoms with E-state index in [4.69, 9.17) is 4.74 Å². The molecule has 0 aliphatic carbocycles. The fourth-order valence-corrected chi connectivity index (χ4v) is 4.34. The summed E-state index contributed by atoms with van der Waals surface area (Å²) < 4.78 is 7.63. The van der Waals surface area contributed by atoms with Crippen LogP contribution >= 0.6 is 23.1 Å². The van der Waals surface area contributed by atoms with Crippen molar-refractivity contribution in [2.75, 3.05) is 18.9 Å². The first-order valence-corrected chi connectivity index (χ1v) is 9.91. The van der Waals surface area contributed by atoms with E-state index in [1.807, 2.05) is 30.7 Å². The fraction of sp³-hybridized carbons (Fsp3) is 0.562. The van der Waals surface area contributed by atoms with Gasteiger partial charge in [-0.15, -0.1) is 21.5 Å². The van der Waals surface area contributed by atoms with Gasteiger partial charge in [-0.2, -0.15) is 0 Å². The predicted octanol–water partition coefficient (Wildman–Crippen LogP) is 2.43. The summed E-state index contributed by atoms with van der Waals surface area (Å²) in [6.45, 7) is 3.42. The Labute approximate surface area is 150 Å². The number of nitrogens with zero attached hydrogens (tertiary/aromatic N) is 3. The molecule has 0 aromatic carbocycles. The Kier molecular flexibility index (Phi) is 5.91. The van der Waals surface area contributed by atoms with Crippen LogP contribution < -0.4 is 5.32 Å². The van der Waals surface area contributed by atoms with Gasteiger partial charge in [0.25, 0.3) is 5.91 Å². The van der Waals surface area contributed by atoms with Crippen molar-refractivity contribution in [2.45, 2.75) is 37.4 Å². The molecule has 2 aromatic rings. The first-order chi connectivity index (χ1) is 11.6. The predicted molar refractivity (Wildman–Crippen MR) is 95.8 cm³/mol. The average Bonchev–Trinajstić information content (AvgIpc) is 3.29. The van der Waals surface area contributed by atoms with E-state index in [0.717, 1.165) is 45.9 Å². The third-order valence-corrected chi connectivity index (χ3v) is 6.10. The minimum atomic E-state index is -0.0248. The number of nitrogens with one attached hydrogen (secondary N) is 1. The van der Waals surface area contributed by atoms with Gasteiger partial charge in [0.1, 0.15) is 5.82 Å². The molecular formula is C16H22N4O2S2. The van der Waals surface area contributed by atoms with Gasteiger partial charge < -0.3 is 14.6 Å². The van der Waals surface area contributed by atoms with Crippen LogP contribution in [0.5, 0.6) is 0 Å². The SMILES string of the molecule is Cc1ccc(C(=O)NCCc2nnc(SC[C@@H]3CCCO3)n2C)s1. The third kappa shape index (κ3) is 4.37. The van der Waals surface area contributed by atoms with Gasteiger partial charge >= 0.3 is 0 Å². The standard InChI is InChI=1S/C16H22N4O2S2/c1-11-5-6-13(24-11)15(21)17-8-7-14-18-19-16(20(14)2)23-10-12-4-3-9-22-12/h5-6,12H,3-4,7-10H2,1-2H3,(H,17,21)/t12-/m0/s1. The molecule has 1 fully saturated rings. The van der Waals surface area contributed by atoms with Gasteiger partial charge in [0, 0.05) is 37.3 Å². The molecule has 1 N–H and O–H groups in total. The second-order valence-corrected chi connectivity index (χ2v) is 8.10. The summed E-state index contributed by atoms with van der Waals surface area (Å²) in [5, 5.41) is 12.3. The van der Waals surface area contributed by atoms with E-state index in [1.54, 1.807) is 11.8 Å². The van der Waals surface area contributed by atoms with Crippen LogP contribution in [0.15, 0.2) is 17.3 Å². The van der Waals surface area contributed by atoms with Crippen LogP contribution in [0.4, 0.5) is 0 Å². The second kappa shape index (κ2) is 8.13. The number of aromatic nitrogens is 3. The molecule has 6 nitrogen and oxygen atoms in total. The lowest BCUT2D eigenvalue weighted by atomic mass is 10.3. The summed E-state index contributed by atoms with van der Waals surface area (Å²) in [5.74, 6) is 1.77. The summed E-state index contributed by atoms with van der Waals surface area (Å²) in [4.78, 5) is 13.9. The summed E-state index contributed by atoms with van der Waals surface area (Å²) in [6.07, 6.45) is 3.29. The fourth-order valence-electron chi connectivity index (χ4n) is 2.56. The number of thiophene rings is 1. The van der Waals surface area contributed by atoms with Crippen molar-refractivity contribution in [3.63, 3.8) is 0 Å². The molecule has 2 aromatic heterocycles. The van der Waals surface area contributed by atoms with Crippen LogP contribution in [0.2, 0.25) is 0 Å². The van der Waals surface area contributed by atoms with E-state index in [1.165, 1.54) is 11.3 Å². The molecule has 0 radical (unpaired) electrons. The van der Waals surface area contributed by atoms with Crippen molar-refractivity contribution >= 4 is 29.0 Å². The monoisotopic (exact) mass is 366 g/mol. The summed E-state index contributed by atoms with van der Waals surface area (Å²) >= 11 is 3.19. The normalized spacial score (nSPS) is 17.3. The molecule has 0 unspecified atom stereocenters. The smallest absolute Gasteiger partial charge is 0.261 e. The first kappa shape index (κ1) is 17.4. The quantitative estimate of drug-likeness (QED) is 0.762. The molecule has 3 rings (SSSR count). The molecule has 3 heterocycles. The lowest BCUT2D eigenvalue weighted by Crippen LogP contribution is -2.25. The first-order valence-electron chi connectivity index (χ1n) is 8.11. The van der Waals surface area contributed by atoms with E-state index < -0.39 is 0 Å². The summed E-state index contributed by atoms with van der Waals surface area (Å²) in [6, 6.07) is 3.82. The number of rotatable bonds is 7. The van der Waals surface area contributed by atoms with Crippen molar-refractivity contribution in [1.29, 1.82) is 0 Å². The van der Waals surface area contributed by atoms with E-state index in [-0.39, 0.29) is 5.91 Å². The van der Waals surface area contributed by atoms with Crippen LogP contribution in [0.1, 0.15) is 33.2 Å². The number of amides is 1. The second-order valence-electron chi connectivity index (χ2n) is 5.82. The van der Waals surface area contributed by atoms with E-state index >= 15 is 0 Å². The van der Waals surface area contributed by atoms with Gasteiger partial charge in [0.15, 0.2) is 5.16 Å². The van der Waals surface area contributed by atoms with E-state index in [9.17, 15) is 4.79 Å². The molecule has 0 saturated carbocycles. The Balaban J connectivity index is 1.46. The minimum absolute atomic E-state index is 0.0248. The molecule has 8 heteroatoms. The van der Waals surface area contributed by atoms with Crippen molar-refractivity contribution in [3.05, 3.63) is 27.7 Å². The zero-order valence-corrected chi connectivity index (χ0v) is 15.6. The van der Waals surface area contributed by atoms with Crippen LogP contribution in [0.25, 0.3) is 0 Å². The van der Waals surface area contributed by atoms with Gasteiger partial charge in [0.05, 0.1) is 11.0 Å². The number of ether oxygens (including phenoxy) is 1. The molecule has 1 amide bonds. The number of carbonyl (C=O) groups is 1. The molecular weight excluding hydrogens is 344 g/mol. The van der Waals surface area contributed by atoms with Crippen molar-refractivity contribution in [1.82, 2.24) is 20.1 Å². The minimum Gasteiger partial charge on any atom is -0.377 e. The molecule has 1 aliphatic heterocycles. The van der Waals surface area contributed by atoms with Gasteiger partial charge in [-0.1, -0.05) is 11.8 Å². The average molecular weight is 367 g/mol. The molecule has 0 spiro atoms. The van der Waals surface area contributed by atoms with Crippen LogP contribution in [0.3, 0.4) is 0 Å². The van der Waals surface area contributed by atoms with E-state index in [2.05, 4.69) is 15.5 Å². The van der Waals surface area contributed by atoms with Gasteiger partial charge in [-0.05, 0) is 31.9 Å². The Morgan fingerprint density at radius 2 is 2.38 bits per heavy atom. The molecule has 1 saturated heterocycles. The molecule has 130 valence electrons. The van der Waals surface area contributed by atoms with Crippen molar-refractivity contribution in [2.24, 2.45) is 7.05 Å². The maximum Gasteiger partial charge on any atom is 0.261 e. The van der Waals surface area contributed by atoms with Crippen LogP contribution in [0, 0.1) is 6.92 Å². The number of thioether (sulfide) groups is 1. The number of hydrogen-bond donors (Lipinski definition) is 1. The highest BCUT2D eigenvalue weighted by Gasteiger charge is 2.18. The molecule has 1 atom stereocenters. The number of carbonyl (C=O) groups excluding carboxylic acids is 1. The summed E-state index contributed by atoms with van der Waals surface area (Å²) in [7, 11) is 1.97. The zero-order chi connectivity index (χ0) is 16.9. The third-order valence-electron chi connectivity index (χ3n) is 3.95. The molecule has 1 aliphatic rings. The topological polar surface area (TPSA) is 69.0 Å². The largest absolute Gasteiger partial charge is 0.377 e. The van der Waals surface area contributed by atoms with Crippen LogP contribution in [-0.4, -0.2) is 45.7 Å². The van der Waals surface area contributed by atoms with Gasteiger partial charge in [0.2, 0.25) is 0 Å². The zero-order valence-electron chi connectivity index (χ0n) is 13.9. The Hall–Kier alpha value is -1.38. The summed E-state index contributed by atoms with van der Waals surface area (Å²) in [5.41, 5.74) is 0. The highest BCUT2D eigenvalue weighted by atomic mass is 32.2. The van der Waals surface area contributed by atoms with Crippen LogP contribution in [-0.2, 0) is 18.2 Å². The van der Waals surface area contributed by atoms with E-state index in [0.29, 0.717) is 19.1 Å². The molecule has 24 heavy (non-hydrogen) atoms. The Morgan fingerprint density at radius 1 is 1.50 bits per heavy atom. The van der Waals surface area contributed by atoms with Crippen molar-refractivity contribution < 1.29 is 9.53 Å². The maximum atomic E-state index is 12.0. The van der Waals surface area contributed by atoms with Gasteiger partial charge in [-0.3, -0.25) is 4.79 Å².